The van der Waals surface area contributed by atoms with Crippen LogP contribution >= 0.6 is 0 Å². The molecule has 0 radical (unpaired) electrons. The number of pyridine rings is 1. The molecule has 3 nitrogen and oxygen atoms in total. The standard InChI is InChI=1S/C17H22N2O/c1-4-17(20)16(19-12(2)3)10-15-9-13-7-5-6-8-14(13)11-18-15/h5-9,11-12,16,19H,4,10H2,1-3H3/t16-/m0/s1. The zero-order chi connectivity index (χ0) is 14.5. The minimum absolute atomic E-state index is 0.145. The van der Waals surface area contributed by atoms with Crippen molar-refractivity contribution >= 4 is 16.6 Å². The van der Waals surface area contributed by atoms with Crippen molar-refractivity contribution in [3.05, 3.63) is 42.2 Å². The van der Waals surface area contributed by atoms with E-state index in [0.717, 1.165) is 11.1 Å². The minimum Gasteiger partial charge on any atom is -0.305 e. The molecule has 0 saturated carbocycles. The third-order valence-electron chi connectivity index (χ3n) is 3.37. The summed E-state index contributed by atoms with van der Waals surface area (Å²) in [5, 5.41) is 5.64. The molecule has 1 N–H and O–H groups in total. The van der Waals surface area contributed by atoms with Crippen LogP contribution in [0.15, 0.2) is 36.5 Å². The molecule has 0 aliphatic rings. The van der Waals surface area contributed by atoms with Crippen LogP contribution in [0.2, 0.25) is 0 Å². The van der Waals surface area contributed by atoms with Crippen molar-refractivity contribution in [2.24, 2.45) is 0 Å². The van der Waals surface area contributed by atoms with E-state index >= 15 is 0 Å². The number of nitrogens with zero attached hydrogens (tertiary/aromatic N) is 1. The highest BCUT2D eigenvalue weighted by atomic mass is 16.1. The van der Waals surface area contributed by atoms with E-state index in [2.05, 4.69) is 36.3 Å². The molecule has 0 fully saturated rings. The highest BCUT2D eigenvalue weighted by Gasteiger charge is 2.18. The van der Waals surface area contributed by atoms with Crippen molar-refractivity contribution in [3.63, 3.8) is 0 Å². The number of carbonyl (C=O) groups is 1. The second-order valence-corrected chi connectivity index (χ2v) is 5.42. The van der Waals surface area contributed by atoms with Gasteiger partial charge in [0, 0.05) is 36.2 Å². The van der Waals surface area contributed by atoms with Crippen LogP contribution in [-0.2, 0) is 11.2 Å². The van der Waals surface area contributed by atoms with Gasteiger partial charge in [-0.15, -0.1) is 0 Å². The van der Waals surface area contributed by atoms with Crippen LogP contribution in [0.5, 0.6) is 0 Å². The van der Waals surface area contributed by atoms with Gasteiger partial charge in [0.05, 0.1) is 6.04 Å². The van der Waals surface area contributed by atoms with Gasteiger partial charge < -0.3 is 5.32 Å². The van der Waals surface area contributed by atoms with Gasteiger partial charge in [-0.1, -0.05) is 45.0 Å². The fourth-order valence-corrected chi connectivity index (χ4v) is 2.36. The van der Waals surface area contributed by atoms with Crippen LogP contribution in [0.4, 0.5) is 0 Å². The smallest absolute Gasteiger partial charge is 0.149 e. The van der Waals surface area contributed by atoms with Gasteiger partial charge in [-0.2, -0.15) is 0 Å². The second kappa shape index (κ2) is 6.62. The first-order valence-corrected chi connectivity index (χ1v) is 7.22. The third-order valence-corrected chi connectivity index (χ3v) is 3.37. The molecule has 0 aliphatic carbocycles. The Morgan fingerprint density at radius 1 is 1.25 bits per heavy atom. The van der Waals surface area contributed by atoms with Crippen molar-refractivity contribution in [3.8, 4) is 0 Å². The molecule has 106 valence electrons. The number of hydrogen-bond acceptors (Lipinski definition) is 3. The molecule has 0 saturated heterocycles. The van der Waals surface area contributed by atoms with Crippen molar-refractivity contribution in [2.75, 3.05) is 0 Å². The number of hydrogen-bond donors (Lipinski definition) is 1. The topological polar surface area (TPSA) is 42.0 Å². The zero-order valence-corrected chi connectivity index (χ0v) is 12.4. The summed E-state index contributed by atoms with van der Waals surface area (Å²) in [5.41, 5.74) is 0.962. The fraction of sp³-hybridized carbons (Fsp3) is 0.412. The summed E-state index contributed by atoms with van der Waals surface area (Å²) >= 11 is 0. The SMILES string of the molecule is CCC(=O)[C@H](Cc1cc2ccccc2cn1)NC(C)C. The van der Waals surface area contributed by atoms with Gasteiger partial charge in [0.15, 0.2) is 0 Å². The summed E-state index contributed by atoms with van der Waals surface area (Å²) in [5.74, 6) is 0.244. The number of fused-ring (bicyclic) bond motifs is 1. The fourth-order valence-electron chi connectivity index (χ4n) is 2.36. The Labute approximate surface area is 120 Å². The molecule has 0 amide bonds. The number of rotatable bonds is 6. The van der Waals surface area contributed by atoms with Gasteiger partial charge in [-0.25, -0.2) is 0 Å². The Bertz CT molecular complexity index is 592. The van der Waals surface area contributed by atoms with Crippen LogP contribution in [-0.4, -0.2) is 22.9 Å². The van der Waals surface area contributed by atoms with Gasteiger partial charge in [-0.3, -0.25) is 9.78 Å². The number of Topliss-reactive ketones (excluding diaryl/α,β-unsaturated/α-hetero) is 1. The van der Waals surface area contributed by atoms with Gasteiger partial charge in [0.1, 0.15) is 5.78 Å². The van der Waals surface area contributed by atoms with Crippen LogP contribution in [0, 0.1) is 0 Å². The highest BCUT2D eigenvalue weighted by Crippen LogP contribution is 2.14. The zero-order valence-electron chi connectivity index (χ0n) is 12.4. The summed E-state index contributed by atoms with van der Waals surface area (Å²) in [6, 6.07) is 10.4. The van der Waals surface area contributed by atoms with Crippen LogP contribution < -0.4 is 5.32 Å². The molecule has 0 aliphatic heterocycles. The lowest BCUT2D eigenvalue weighted by Gasteiger charge is -2.19. The summed E-state index contributed by atoms with van der Waals surface area (Å²) in [6.07, 6.45) is 3.08. The second-order valence-electron chi connectivity index (χ2n) is 5.42. The van der Waals surface area contributed by atoms with E-state index in [1.165, 1.54) is 5.39 Å². The average molecular weight is 270 g/mol. The Hall–Kier alpha value is -1.74. The molecular weight excluding hydrogens is 248 g/mol. The number of benzene rings is 1. The Balaban J connectivity index is 2.21. The predicted molar refractivity (Wildman–Crippen MR) is 82.8 cm³/mol. The molecule has 20 heavy (non-hydrogen) atoms. The Morgan fingerprint density at radius 2 is 1.95 bits per heavy atom. The molecule has 1 aromatic heterocycles. The van der Waals surface area contributed by atoms with E-state index in [0.29, 0.717) is 12.8 Å². The molecular formula is C17H22N2O. The number of ketones is 1. The summed E-state index contributed by atoms with van der Waals surface area (Å²) in [4.78, 5) is 16.5. The molecule has 2 rings (SSSR count). The van der Waals surface area contributed by atoms with Crippen LogP contribution in [0.1, 0.15) is 32.9 Å². The lowest BCUT2D eigenvalue weighted by Crippen LogP contribution is -2.42. The normalized spacial score (nSPS) is 12.8. The van der Waals surface area contributed by atoms with Crippen molar-refractivity contribution in [1.82, 2.24) is 10.3 Å². The quantitative estimate of drug-likeness (QED) is 0.877. The molecule has 0 spiro atoms. The van der Waals surface area contributed by atoms with E-state index < -0.39 is 0 Å². The Morgan fingerprint density at radius 3 is 2.60 bits per heavy atom. The van der Waals surface area contributed by atoms with Gasteiger partial charge in [0.25, 0.3) is 0 Å². The average Bonchev–Trinajstić information content (AvgIpc) is 2.45. The molecule has 3 heteroatoms. The molecule has 1 atom stereocenters. The van der Waals surface area contributed by atoms with E-state index in [-0.39, 0.29) is 17.9 Å². The van der Waals surface area contributed by atoms with Crippen molar-refractivity contribution in [1.29, 1.82) is 0 Å². The van der Waals surface area contributed by atoms with Crippen molar-refractivity contribution < 1.29 is 4.79 Å². The third kappa shape index (κ3) is 3.64. The lowest BCUT2D eigenvalue weighted by atomic mass is 10.0. The van der Waals surface area contributed by atoms with E-state index in [4.69, 9.17) is 0 Å². The lowest BCUT2D eigenvalue weighted by molar-refractivity contribution is -0.120. The largest absolute Gasteiger partial charge is 0.305 e. The van der Waals surface area contributed by atoms with Gasteiger partial charge in [-0.05, 0) is 11.5 Å². The molecule has 1 aromatic carbocycles. The van der Waals surface area contributed by atoms with E-state index in [1.54, 1.807) is 0 Å². The molecule has 0 bridgehead atoms. The van der Waals surface area contributed by atoms with Gasteiger partial charge >= 0.3 is 0 Å². The van der Waals surface area contributed by atoms with E-state index in [9.17, 15) is 4.79 Å². The maximum absolute atomic E-state index is 12.0. The van der Waals surface area contributed by atoms with E-state index in [1.807, 2.05) is 31.3 Å². The molecule has 1 heterocycles. The number of aromatic nitrogens is 1. The predicted octanol–water partition coefficient (Wildman–Crippen LogP) is 3.12. The van der Waals surface area contributed by atoms with Crippen LogP contribution in [0.3, 0.4) is 0 Å². The first-order chi connectivity index (χ1) is 9.60. The first kappa shape index (κ1) is 14.7. The maximum atomic E-state index is 12.0. The molecule has 2 aromatic rings. The summed E-state index contributed by atoms with van der Waals surface area (Å²) < 4.78 is 0. The Kier molecular flexibility index (Phi) is 4.85. The van der Waals surface area contributed by atoms with Gasteiger partial charge in [0.2, 0.25) is 0 Å². The highest BCUT2D eigenvalue weighted by molar-refractivity contribution is 5.85. The van der Waals surface area contributed by atoms with Crippen molar-refractivity contribution in [2.45, 2.75) is 45.7 Å². The summed E-state index contributed by atoms with van der Waals surface area (Å²) in [7, 11) is 0. The summed E-state index contributed by atoms with van der Waals surface area (Å²) in [6.45, 7) is 6.03. The minimum atomic E-state index is -0.145. The first-order valence-electron chi connectivity index (χ1n) is 7.22. The monoisotopic (exact) mass is 270 g/mol. The molecule has 0 unspecified atom stereocenters. The number of nitrogens with one attached hydrogen (secondary N) is 1. The number of carbonyl (C=O) groups excluding carboxylic acids is 1. The maximum Gasteiger partial charge on any atom is 0.149 e. The van der Waals surface area contributed by atoms with Crippen LogP contribution in [0.25, 0.3) is 10.8 Å².